The fourth-order valence-corrected chi connectivity index (χ4v) is 3.38. The van der Waals surface area contributed by atoms with Crippen molar-refractivity contribution in [2.45, 2.75) is 12.8 Å². The summed E-state index contributed by atoms with van der Waals surface area (Å²) in [7, 11) is 0. The molecule has 28 heavy (non-hydrogen) atoms. The fourth-order valence-electron chi connectivity index (χ4n) is 3.26. The van der Waals surface area contributed by atoms with Gasteiger partial charge >= 0.3 is 0 Å². The standard InChI is InChI=1S/C22H21ClN4O/c23-17-3-5-19(6-4-17)26-22(28)16-11-12-24-21(15-16)25-18-7-9-20(10-8-18)27-13-1-2-14-27/h3-12,15H,1-2,13-14H2,(H,24,25)(H,26,28). The fraction of sp³-hybridized carbons (Fsp3) is 0.182. The number of rotatable bonds is 5. The van der Waals surface area contributed by atoms with Gasteiger partial charge in [-0.05, 0) is 73.5 Å². The molecule has 1 aliphatic heterocycles. The molecule has 0 atom stereocenters. The van der Waals surface area contributed by atoms with E-state index in [2.05, 4.69) is 32.7 Å². The van der Waals surface area contributed by atoms with Gasteiger partial charge < -0.3 is 15.5 Å². The minimum Gasteiger partial charge on any atom is -0.372 e. The van der Waals surface area contributed by atoms with E-state index in [-0.39, 0.29) is 5.91 Å². The Morgan fingerprint density at radius 1 is 0.929 bits per heavy atom. The Balaban J connectivity index is 1.43. The van der Waals surface area contributed by atoms with Crippen LogP contribution >= 0.6 is 11.6 Å². The van der Waals surface area contributed by atoms with Crippen LogP contribution in [0.2, 0.25) is 5.02 Å². The molecule has 0 spiro atoms. The molecule has 2 heterocycles. The van der Waals surface area contributed by atoms with Gasteiger partial charge in [0.25, 0.3) is 5.91 Å². The Hall–Kier alpha value is -3.05. The lowest BCUT2D eigenvalue weighted by Crippen LogP contribution is -2.17. The summed E-state index contributed by atoms with van der Waals surface area (Å²) in [5.74, 6) is 0.426. The first-order valence-corrected chi connectivity index (χ1v) is 9.70. The topological polar surface area (TPSA) is 57.3 Å². The van der Waals surface area contributed by atoms with Crippen LogP contribution in [0.3, 0.4) is 0 Å². The molecule has 1 aliphatic rings. The molecule has 0 radical (unpaired) electrons. The van der Waals surface area contributed by atoms with E-state index in [4.69, 9.17) is 11.6 Å². The van der Waals surface area contributed by atoms with Crippen molar-refractivity contribution >= 4 is 40.4 Å². The number of nitrogens with one attached hydrogen (secondary N) is 2. The summed E-state index contributed by atoms with van der Waals surface area (Å²) in [6.45, 7) is 2.25. The lowest BCUT2D eigenvalue weighted by Gasteiger charge is -2.18. The molecule has 1 fully saturated rings. The molecule has 3 aromatic rings. The zero-order valence-electron chi connectivity index (χ0n) is 15.4. The monoisotopic (exact) mass is 392 g/mol. The highest BCUT2D eigenvalue weighted by Crippen LogP contribution is 2.24. The summed E-state index contributed by atoms with van der Waals surface area (Å²) in [6.07, 6.45) is 4.14. The van der Waals surface area contributed by atoms with Crippen LogP contribution in [0.4, 0.5) is 22.9 Å². The number of halogens is 1. The van der Waals surface area contributed by atoms with Crippen LogP contribution in [-0.4, -0.2) is 24.0 Å². The van der Waals surface area contributed by atoms with E-state index in [1.54, 1.807) is 42.6 Å². The maximum absolute atomic E-state index is 12.5. The van der Waals surface area contributed by atoms with E-state index in [0.29, 0.717) is 22.1 Å². The number of amides is 1. The van der Waals surface area contributed by atoms with Gasteiger partial charge in [0.2, 0.25) is 0 Å². The molecule has 5 nitrogen and oxygen atoms in total. The van der Waals surface area contributed by atoms with Crippen molar-refractivity contribution in [3.8, 4) is 0 Å². The van der Waals surface area contributed by atoms with Crippen LogP contribution < -0.4 is 15.5 Å². The first-order chi connectivity index (χ1) is 13.7. The van der Waals surface area contributed by atoms with Crippen LogP contribution in [0.25, 0.3) is 0 Å². The lowest BCUT2D eigenvalue weighted by atomic mass is 10.2. The van der Waals surface area contributed by atoms with Gasteiger partial charge in [0.15, 0.2) is 0 Å². The van der Waals surface area contributed by atoms with Crippen molar-refractivity contribution in [3.05, 3.63) is 77.4 Å². The first kappa shape index (κ1) is 18.3. The Bertz CT molecular complexity index is 951. The van der Waals surface area contributed by atoms with Crippen LogP contribution in [0.1, 0.15) is 23.2 Å². The highest BCUT2D eigenvalue weighted by Gasteiger charge is 2.12. The molecule has 0 saturated carbocycles. The number of pyridine rings is 1. The van der Waals surface area contributed by atoms with Gasteiger partial charge in [-0.25, -0.2) is 4.98 Å². The zero-order valence-corrected chi connectivity index (χ0v) is 16.1. The normalized spacial score (nSPS) is 13.4. The molecule has 142 valence electrons. The van der Waals surface area contributed by atoms with Gasteiger partial charge in [0, 0.05) is 46.9 Å². The summed E-state index contributed by atoms with van der Waals surface area (Å²) >= 11 is 5.88. The van der Waals surface area contributed by atoms with Crippen molar-refractivity contribution in [3.63, 3.8) is 0 Å². The van der Waals surface area contributed by atoms with Crippen LogP contribution in [0, 0.1) is 0 Å². The van der Waals surface area contributed by atoms with Crippen LogP contribution in [0.15, 0.2) is 66.9 Å². The number of aromatic nitrogens is 1. The Kier molecular flexibility index (Phi) is 5.44. The van der Waals surface area contributed by atoms with Crippen LogP contribution in [0.5, 0.6) is 0 Å². The van der Waals surface area contributed by atoms with Gasteiger partial charge in [0.1, 0.15) is 5.82 Å². The predicted octanol–water partition coefficient (Wildman–Crippen LogP) is 5.33. The third kappa shape index (κ3) is 4.43. The molecule has 1 aromatic heterocycles. The number of hydrogen-bond donors (Lipinski definition) is 2. The summed E-state index contributed by atoms with van der Waals surface area (Å²) in [5.41, 5.74) is 3.40. The number of hydrogen-bond acceptors (Lipinski definition) is 4. The number of anilines is 4. The van der Waals surface area contributed by atoms with Gasteiger partial charge in [-0.3, -0.25) is 4.79 Å². The van der Waals surface area contributed by atoms with E-state index in [9.17, 15) is 4.79 Å². The number of nitrogens with zero attached hydrogens (tertiary/aromatic N) is 2. The van der Waals surface area contributed by atoms with E-state index in [1.165, 1.54) is 18.5 Å². The first-order valence-electron chi connectivity index (χ1n) is 9.32. The van der Waals surface area contributed by atoms with Crippen molar-refractivity contribution in [2.75, 3.05) is 28.6 Å². The van der Waals surface area contributed by atoms with Gasteiger partial charge in [0.05, 0.1) is 0 Å². The van der Waals surface area contributed by atoms with Crippen molar-refractivity contribution in [1.82, 2.24) is 4.98 Å². The molecular weight excluding hydrogens is 372 g/mol. The molecule has 1 amide bonds. The van der Waals surface area contributed by atoms with E-state index >= 15 is 0 Å². The maximum Gasteiger partial charge on any atom is 0.255 e. The second-order valence-electron chi connectivity index (χ2n) is 6.76. The SMILES string of the molecule is O=C(Nc1ccc(Cl)cc1)c1ccnc(Nc2ccc(N3CCCC3)cc2)c1. The minimum atomic E-state index is -0.197. The van der Waals surface area contributed by atoms with Gasteiger partial charge in [-0.15, -0.1) is 0 Å². The van der Waals surface area contributed by atoms with Crippen molar-refractivity contribution in [1.29, 1.82) is 0 Å². The Morgan fingerprint density at radius 2 is 1.61 bits per heavy atom. The van der Waals surface area contributed by atoms with E-state index < -0.39 is 0 Å². The molecule has 1 saturated heterocycles. The van der Waals surface area contributed by atoms with Gasteiger partial charge in [-0.1, -0.05) is 11.6 Å². The minimum absolute atomic E-state index is 0.197. The third-order valence-electron chi connectivity index (χ3n) is 4.74. The average molecular weight is 393 g/mol. The highest BCUT2D eigenvalue weighted by molar-refractivity contribution is 6.30. The quantitative estimate of drug-likeness (QED) is 0.616. The number of benzene rings is 2. The molecule has 2 N–H and O–H groups in total. The molecule has 0 aliphatic carbocycles. The van der Waals surface area contributed by atoms with Crippen molar-refractivity contribution < 1.29 is 4.79 Å². The summed E-state index contributed by atoms with van der Waals surface area (Å²) in [5, 5.41) is 6.75. The summed E-state index contributed by atoms with van der Waals surface area (Å²) in [6, 6.07) is 18.7. The second kappa shape index (κ2) is 8.31. The third-order valence-corrected chi connectivity index (χ3v) is 4.99. The Morgan fingerprint density at radius 3 is 2.32 bits per heavy atom. The Labute approximate surface area is 169 Å². The molecule has 0 bridgehead atoms. The van der Waals surface area contributed by atoms with Gasteiger partial charge in [-0.2, -0.15) is 0 Å². The largest absolute Gasteiger partial charge is 0.372 e. The smallest absolute Gasteiger partial charge is 0.255 e. The second-order valence-corrected chi connectivity index (χ2v) is 7.19. The van der Waals surface area contributed by atoms with E-state index in [1.807, 2.05) is 12.1 Å². The summed E-state index contributed by atoms with van der Waals surface area (Å²) < 4.78 is 0. The number of carbonyl (C=O) groups excluding carboxylic acids is 1. The molecule has 0 unspecified atom stereocenters. The predicted molar refractivity (Wildman–Crippen MR) is 115 cm³/mol. The zero-order chi connectivity index (χ0) is 19.3. The highest BCUT2D eigenvalue weighted by atomic mass is 35.5. The maximum atomic E-state index is 12.5. The average Bonchev–Trinajstić information content (AvgIpc) is 3.25. The summed E-state index contributed by atoms with van der Waals surface area (Å²) in [4.78, 5) is 19.2. The van der Waals surface area contributed by atoms with Crippen LogP contribution in [-0.2, 0) is 0 Å². The number of carbonyl (C=O) groups is 1. The van der Waals surface area contributed by atoms with Crippen molar-refractivity contribution in [2.24, 2.45) is 0 Å². The molecule has 2 aromatic carbocycles. The molecule has 6 heteroatoms. The molecular formula is C22H21ClN4O. The van der Waals surface area contributed by atoms with E-state index in [0.717, 1.165) is 18.8 Å². The molecule has 4 rings (SSSR count). The lowest BCUT2D eigenvalue weighted by molar-refractivity contribution is 0.102.